The molecular weight excluding hydrogens is 254 g/mol. The third-order valence-electron chi connectivity index (χ3n) is 4.12. The summed E-state index contributed by atoms with van der Waals surface area (Å²) in [7, 11) is 0. The van der Waals surface area contributed by atoms with Crippen LogP contribution in [0.15, 0.2) is 12.1 Å². The molecule has 1 aliphatic rings. The Hall–Kier alpha value is -1.62. The molecule has 0 radical (unpaired) electrons. The van der Waals surface area contributed by atoms with E-state index in [2.05, 4.69) is 28.6 Å². The molecule has 0 saturated carbocycles. The smallest absolute Gasteiger partial charge is 0.337 e. The molecule has 1 fully saturated rings. The third kappa shape index (κ3) is 2.93. The monoisotopic (exact) mass is 277 g/mol. The molecule has 110 valence electrons. The summed E-state index contributed by atoms with van der Waals surface area (Å²) in [5, 5.41) is 9.04. The Bertz CT molecular complexity index is 486. The van der Waals surface area contributed by atoms with E-state index in [-0.39, 0.29) is 5.56 Å². The number of carboxylic acid groups (broad SMARTS) is 1. The molecule has 0 bridgehead atoms. The van der Waals surface area contributed by atoms with Crippen LogP contribution in [0.25, 0.3) is 0 Å². The Morgan fingerprint density at radius 1 is 1.45 bits per heavy atom. The van der Waals surface area contributed by atoms with Gasteiger partial charge in [-0.3, -0.25) is 4.90 Å². The van der Waals surface area contributed by atoms with Crippen LogP contribution in [0.3, 0.4) is 0 Å². The van der Waals surface area contributed by atoms with Crippen LogP contribution in [0.2, 0.25) is 0 Å². The zero-order valence-electron chi connectivity index (χ0n) is 12.5. The van der Waals surface area contributed by atoms with Gasteiger partial charge in [-0.1, -0.05) is 13.8 Å². The van der Waals surface area contributed by atoms with Gasteiger partial charge >= 0.3 is 5.97 Å². The van der Waals surface area contributed by atoms with Gasteiger partial charge in [0.05, 0.1) is 11.3 Å². The van der Waals surface area contributed by atoms with E-state index in [4.69, 9.17) is 5.11 Å². The highest BCUT2D eigenvalue weighted by atomic mass is 16.4. The molecule has 1 unspecified atom stereocenters. The molecule has 1 N–H and O–H groups in total. The van der Waals surface area contributed by atoms with E-state index in [0.717, 1.165) is 38.4 Å². The van der Waals surface area contributed by atoms with Crippen molar-refractivity contribution in [2.24, 2.45) is 0 Å². The molecule has 0 aliphatic carbocycles. The normalized spacial score (nSPS) is 18.8. The van der Waals surface area contributed by atoms with Gasteiger partial charge in [0.2, 0.25) is 0 Å². The maximum atomic E-state index is 11.0. The van der Waals surface area contributed by atoms with Gasteiger partial charge in [0.15, 0.2) is 0 Å². The molecular formula is C15H23N3O2. The predicted octanol–water partition coefficient (Wildman–Crippen LogP) is 2.01. The number of anilines is 1. The number of carbonyl (C=O) groups is 1. The molecule has 0 spiro atoms. The second-order valence-corrected chi connectivity index (χ2v) is 5.22. The van der Waals surface area contributed by atoms with Crippen molar-refractivity contribution in [1.82, 2.24) is 9.88 Å². The average Bonchev–Trinajstić information content (AvgIpc) is 2.89. The molecule has 0 amide bonds. The van der Waals surface area contributed by atoms with E-state index in [1.165, 1.54) is 0 Å². The maximum absolute atomic E-state index is 11.0. The zero-order valence-corrected chi connectivity index (χ0v) is 12.5. The first-order valence-corrected chi connectivity index (χ1v) is 7.26. The van der Waals surface area contributed by atoms with E-state index in [1.54, 1.807) is 13.0 Å². The quantitative estimate of drug-likeness (QED) is 0.892. The van der Waals surface area contributed by atoms with Crippen LogP contribution in [-0.4, -0.2) is 53.2 Å². The molecule has 1 atom stereocenters. The van der Waals surface area contributed by atoms with Crippen LogP contribution < -0.4 is 4.90 Å². The molecule has 1 saturated heterocycles. The molecule has 1 aliphatic heterocycles. The number of aromatic nitrogens is 1. The minimum atomic E-state index is -0.913. The minimum absolute atomic E-state index is 0.285. The number of pyridine rings is 1. The fraction of sp³-hybridized carbons (Fsp3) is 0.600. The summed E-state index contributed by atoms with van der Waals surface area (Å²) >= 11 is 0. The number of likely N-dealkylation sites (N-methyl/N-ethyl adjacent to an activating group) is 1. The molecule has 20 heavy (non-hydrogen) atoms. The van der Waals surface area contributed by atoms with E-state index in [9.17, 15) is 4.79 Å². The van der Waals surface area contributed by atoms with Gasteiger partial charge in [-0.25, -0.2) is 9.78 Å². The van der Waals surface area contributed by atoms with Crippen LogP contribution in [-0.2, 0) is 0 Å². The van der Waals surface area contributed by atoms with Crippen LogP contribution in [0, 0.1) is 6.92 Å². The fourth-order valence-electron chi connectivity index (χ4n) is 2.94. The predicted molar refractivity (Wildman–Crippen MR) is 79.5 cm³/mol. The zero-order chi connectivity index (χ0) is 14.7. The van der Waals surface area contributed by atoms with Crippen LogP contribution in [0.1, 0.15) is 36.3 Å². The molecule has 0 aromatic carbocycles. The van der Waals surface area contributed by atoms with Gasteiger partial charge in [0.1, 0.15) is 5.82 Å². The second kappa shape index (κ2) is 6.22. The molecule has 1 aromatic rings. The molecule has 5 heteroatoms. The van der Waals surface area contributed by atoms with Crippen molar-refractivity contribution in [2.75, 3.05) is 31.1 Å². The SMILES string of the molecule is CCN(CC)C1CCN(c2ccc(C(=O)O)c(C)n2)C1. The average molecular weight is 277 g/mol. The summed E-state index contributed by atoms with van der Waals surface area (Å²) in [4.78, 5) is 20.2. The Labute approximate surface area is 120 Å². The van der Waals surface area contributed by atoms with Gasteiger partial charge < -0.3 is 10.0 Å². The van der Waals surface area contributed by atoms with E-state index in [1.807, 2.05) is 6.07 Å². The van der Waals surface area contributed by atoms with Crippen molar-refractivity contribution in [3.63, 3.8) is 0 Å². The van der Waals surface area contributed by atoms with Gasteiger partial charge in [0.25, 0.3) is 0 Å². The number of aromatic carboxylic acids is 1. The van der Waals surface area contributed by atoms with Crippen molar-refractivity contribution in [3.8, 4) is 0 Å². The Morgan fingerprint density at radius 2 is 2.15 bits per heavy atom. The van der Waals surface area contributed by atoms with Crippen LogP contribution in [0.5, 0.6) is 0 Å². The van der Waals surface area contributed by atoms with Crippen molar-refractivity contribution in [1.29, 1.82) is 0 Å². The molecule has 2 heterocycles. The van der Waals surface area contributed by atoms with Gasteiger partial charge in [-0.15, -0.1) is 0 Å². The van der Waals surface area contributed by atoms with Gasteiger partial charge in [0, 0.05) is 19.1 Å². The number of hydrogen-bond acceptors (Lipinski definition) is 4. The lowest BCUT2D eigenvalue weighted by molar-refractivity contribution is 0.0695. The first kappa shape index (κ1) is 14.8. The van der Waals surface area contributed by atoms with Crippen molar-refractivity contribution in [3.05, 3.63) is 23.4 Å². The molecule has 1 aromatic heterocycles. The third-order valence-corrected chi connectivity index (χ3v) is 4.12. The molecule has 2 rings (SSSR count). The highest BCUT2D eigenvalue weighted by Gasteiger charge is 2.27. The lowest BCUT2D eigenvalue weighted by Crippen LogP contribution is -2.37. The first-order valence-electron chi connectivity index (χ1n) is 7.26. The summed E-state index contributed by atoms with van der Waals surface area (Å²) in [6, 6.07) is 4.05. The summed E-state index contributed by atoms with van der Waals surface area (Å²) in [6.45, 7) is 10.2. The second-order valence-electron chi connectivity index (χ2n) is 5.22. The number of carboxylic acids is 1. The van der Waals surface area contributed by atoms with Gasteiger partial charge in [-0.05, 0) is 38.6 Å². The number of aryl methyl sites for hydroxylation is 1. The summed E-state index contributed by atoms with van der Waals surface area (Å²) < 4.78 is 0. The Balaban J connectivity index is 2.10. The van der Waals surface area contributed by atoms with E-state index >= 15 is 0 Å². The van der Waals surface area contributed by atoms with E-state index in [0.29, 0.717) is 11.7 Å². The number of nitrogens with zero attached hydrogens (tertiary/aromatic N) is 3. The van der Waals surface area contributed by atoms with Crippen LogP contribution >= 0.6 is 0 Å². The lowest BCUT2D eigenvalue weighted by Gasteiger charge is -2.26. The number of hydrogen-bond donors (Lipinski definition) is 1. The summed E-state index contributed by atoms with van der Waals surface area (Å²) in [5.74, 6) is -0.0221. The highest BCUT2D eigenvalue weighted by molar-refractivity contribution is 5.89. The lowest BCUT2D eigenvalue weighted by atomic mass is 10.2. The van der Waals surface area contributed by atoms with Crippen molar-refractivity contribution < 1.29 is 9.90 Å². The topological polar surface area (TPSA) is 56.7 Å². The van der Waals surface area contributed by atoms with Gasteiger partial charge in [-0.2, -0.15) is 0 Å². The van der Waals surface area contributed by atoms with Crippen LogP contribution in [0.4, 0.5) is 5.82 Å². The largest absolute Gasteiger partial charge is 0.478 e. The minimum Gasteiger partial charge on any atom is -0.478 e. The maximum Gasteiger partial charge on any atom is 0.337 e. The van der Waals surface area contributed by atoms with E-state index < -0.39 is 5.97 Å². The fourth-order valence-corrected chi connectivity index (χ4v) is 2.94. The number of rotatable bonds is 5. The Morgan fingerprint density at radius 3 is 2.70 bits per heavy atom. The summed E-state index contributed by atoms with van der Waals surface area (Å²) in [6.07, 6.45) is 1.14. The molecule has 5 nitrogen and oxygen atoms in total. The first-order chi connectivity index (χ1) is 9.56. The van der Waals surface area contributed by atoms with Crippen molar-refractivity contribution >= 4 is 11.8 Å². The highest BCUT2D eigenvalue weighted by Crippen LogP contribution is 2.22. The summed E-state index contributed by atoms with van der Waals surface area (Å²) in [5.41, 5.74) is 0.870. The Kier molecular flexibility index (Phi) is 4.60. The standard InChI is InChI=1S/C15H23N3O2/c1-4-17(5-2)12-8-9-18(10-12)14-7-6-13(15(19)20)11(3)16-14/h6-7,12H,4-5,8-10H2,1-3H3,(H,19,20). The van der Waals surface area contributed by atoms with Crippen molar-refractivity contribution in [2.45, 2.75) is 33.2 Å².